The molecule has 0 fully saturated rings. The molecule has 2 rings (SSSR count). The zero-order chi connectivity index (χ0) is 16.3. The summed E-state index contributed by atoms with van der Waals surface area (Å²) in [5, 5.41) is 0. The van der Waals surface area contributed by atoms with Gasteiger partial charge in [-0.25, -0.2) is 5.90 Å². The molecule has 2 amide bonds. The minimum absolute atomic E-state index is 0.162. The fourth-order valence-electron chi connectivity index (χ4n) is 2.80. The van der Waals surface area contributed by atoms with Crippen LogP contribution in [0.4, 0.5) is 0 Å². The van der Waals surface area contributed by atoms with Gasteiger partial charge in [-0.15, -0.1) is 0 Å². The van der Waals surface area contributed by atoms with Crippen LogP contribution in [0.25, 0.3) is 0 Å². The Morgan fingerprint density at radius 3 is 1.41 bits per heavy atom. The number of fused-ring (bicyclic) bond motifs is 1. The van der Waals surface area contributed by atoms with Crippen molar-refractivity contribution in [3.8, 4) is 0 Å². The van der Waals surface area contributed by atoms with E-state index in [0.717, 1.165) is 49.7 Å². The summed E-state index contributed by atoms with van der Waals surface area (Å²) in [7, 11) is 0. The van der Waals surface area contributed by atoms with E-state index in [2.05, 4.69) is 64.6 Å². The number of hydrogen-bond acceptors (Lipinski definition) is 2. The molecule has 1 aliphatic carbocycles. The van der Waals surface area contributed by atoms with E-state index in [9.17, 15) is 9.59 Å². The second kappa shape index (κ2) is 8.26. The first kappa shape index (κ1) is 18.4. The molecule has 0 N–H and O–H groups in total. The molecule has 0 radical (unpaired) electrons. The zero-order valence-corrected chi connectivity index (χ0v) is 18.0. The van der Waals surface area contributed by atoms with Gasteiger partial charge in [0.05, 0.1) is 64.6 Å². The molecule has 1 aromatic carbocycles. The molecule has 8 heteroatoms. The molecule has 0 saturated heterocycles. The molecular formula is C14H14Br4N2O2. The average molecular weight is 562 g/mol. The van der Waals surface area contributed by atoms with Crippen molar-refractivity contribution < 1.29 is 9.59 Å². The lowest BCUT2D eigenvalue weighted by Gasteiger charge is -2.21. The summed E-state index contributed by atoms with van der Waals surface area (Å²) >= 11 is 12.5. The molecule has 0 bridgehead atoms. The van der Waals surface area contributed by atoms with Gasteiger partial charge in [0.2, 0.25) is 0 Å². The molecule has 120 valence electrons. The maximum atomic E-state index is 12.3. The van der Waals surface area contributed by atoms with E-state index in [0.29, 0.717) is 11.1 Å². The lowest BCUT2D eigenvalue weighted by Crippen LogP contribution is -2.20. The summed E-state index contributed by atoms with van der Waals surface area (Å²) in [6.45, 7) is 0. The summed E-state index contributed by atoms with van der Waals surface area (Å²) in [5.74, 6) is -0.323. The molecule has 0 aliphatic heterocycles. The first-order valence-electron chi connectivity index (χ1n) is 6.90. The molecule has 22 heavy (non-hydrogen) atoms. The Bertz CT molecular complexity index is 539. The normalized spacial score (nSPS) is 14.5. The van der Waals surface area contributed by atoms with Gasteiger partial charge in [0, 0.05) is 11.1 Å². The minimum atomic E-state index is -0.162. The number of hydrogen-bond donors (Lipinski definition) is 0. The fourth-order valence-corrected chi connectivity index (χ4v) is 3.57. The van der Waals surface area contributed by atoms with E-state index >= 15 is 0 Å². The van der Waals surface area contributed by atoms with Gasteiger partial charge < -0.3 is 0 Å². The predicted octanol–water partition coefficient (Wildman–Crippen LogP) is 5.47. The number of rotatable bonds is 2. The number of nitrogens with zero attached hydrogens (tertiary/aromatic N) is 2. The van der Waals surface area contributed by atoms with Crippen molar-refractivity contribution in [2.75, 3.05) is 0 Å². The molecule has 0 saturated carbocycles. The Balaban J connectivity index is 2.58. The van der Waals surface area contributed by atoms with Crippen LogP contribution in [-0.4, -0.2) is 17.7 Å². The van der Waals surface area contributed by atoms with Crippen LogP contribution in [0.5, 0.6) is 0 Å². The van der Waals surface area contributed by atoms with Crippen LogP contribution in [0.15, 0.2) is 12.1 Å². The van der Waals surface area contributed by atoms with Gasteiger partial charge in [0.25, 0.3) is 11.8 Å². The molecule has 0 spiro atoms. The smallest absolute Gasteiger partial charge is 0.267 e. The van der Waals surface area contributed by atoms with Crippen LogP contribution in [-0.2, 0) is 12.8 Å². The number of benzene rings is 1. The highest BCUT2D eigenvalue weighted by Gasteiger charge is 2.24. The lowest BCUT2D eigenvalue weighted by molar-refractivity contribution is 0.0927. The van der Waals surface area contributed by atoms with E-state index in [1.54, 1.807) is 12.1 Å². The maximum Gasteiger partial charge on any atom is 0.274 e. The number of carbonyl (C=O) groups excluding carboxylic acids is 2. The van der Waals surface area contributed by atoms with Gasteiger partial charge in [-0.2, -0.15) is 0 Å². The van der Waals surface area contributed by atoms with Crippen molar-refractivity contribution in [1.29, 1.82) is 0 Å². The standard InChI is InChI=1S/C14H14Br4N2O2/c15-19(16)13(21)11-7-8-12(14(22)20(17)18)10-6-4-2-1-3-5-9(10)11/h7-8H,1-6H2. The first-order chi connectivity index (χ1) is 10.4. The van der Waals surface area contributed by atoms with Gasteiger partial charge in [-0.1, -0.05) is 12.8 Å². The van der Waals surface area contributed by atoms with Gasteiger partial charge in [0.15, 0.2) is 0 Å². The van der Waals surface area contributed by atoms with Crippen molar-refractivity contribution in [3.63, 3.8) is 0 Å². The van der Waals surface area contributed by atoms with Crippen molar-refractivity contribution in [2.45, 2.75) is 38.5 Å². The van der Waals surface area contributed by atoms with Gasteiger partial charge >= 0.3 is 0 Å². The van der Waals surface area contributed by atoms with Crippen LogP contribution in [0.2, 0.25) is 0 Å². The van der Waals surface area contributed by atoms with Crippen LogP contribution < -0.4 is 0 Å². The SMILES string of the molecule is O=C(c1ccc(C(=O)N(Br)Br)c2c1CCCCCC2)N(Br)Br. The molecule has 1 aliphatic rings. The lowest BCUT2D eigenvalue weighted by atomic mass is 9.86. The van der Waals surface area contributed by atoms with Gasteiger partial charge in [0.1, 0.15) is 0 Å². The largest absolute Gasteiger partial charge is 0.274 e. The van der Waals surface area contributed by atoms with E-state index in [4.69, 9.17) is 0 Å². The molecule has 0 aromatic heterocycles. The highest BCUT2D eigenvalue weighted by atomic mass is 79.9. The quantitative estimate of drug-likeness (QED) is 0.450. The van der Waals surface area contributed by atoms with Crippen LogP contribution >= 0.6 is 64.6 Å². The van der Waals surface area contributed by atoms with Gasteiger partial charge in [-0.05, 0) is 48.9 Å². The molecule has 4 nitrogen and oxygen atoms in total. The van der Waals surface area contributed by atoms with Crippen molar-refractivity contribution in [3.05, 3.63) is 34.4 Å². The average Bonchev–Trinajstić information content (AvgIpc) is 2.45. The summed E-state index contributed by atoms with van der Waals surface area (Å²) < 4.78 is 2.44. The van der Waals surface area contributed by atoms with Crippen LogP contribution in [0.1, 0.15) is 57.5 Å². The highest BCUT2D eigenvalue weighted by molar-refractivity contribution is 9.21. The Hall–Kier alpha value is 0.0800. The first-order valence-corrected chi connectivity index (χ1v) is 9.74. The fraction of sp³-hybridized carbons (Fsp3) is 0.429. The monoisotopic (exact) mass is 558 g/mol. The second-order valence-corrected chi connectivity index (χ2v) is 9.85. The summed E-state index contributed by atoms with van der Waals surface area (Å²) in [5.41, 5.74) is 3.25. The maximum absolute atomic E-state index is 12.3. The van der Waals surface area contributed by atoms with Gasteiger partial charge in [-0.3, -0.25) is 9.59 Å². The third-order valence-electron chi connectivity index (χ3n) is 3.80. The van der Waals surface area contributed by atoms with Crippen molar-refractivity contribution >= 4 is 76.4 Å². The van der Waals surface area contributed by atoms with Crippen LogP contribution in [0.3, 0.4) is 0 Å². The van der Waals surface area contributed by atoms with E-state index in [1.807, 2.05) is 0 Å². The molecule has 0 heterocycles. The number of halogens is 4. The predicted molar refractivity (Wildman–Crippen MR) is 100 cm³/mol. The molecule has 1 aromatic rings. The highest BCUT2D eigenvalue weighted by Crippen LogP contribution is 2.30. The van der Waals surface area contributed by atoms with E-state index < -0.39 is 0 Å². The van der Waals surface area contributed by atoms with E-state index in [-0.39, 0.29) is 11.8 Å². The third-order valence-corrected chi connectivity index (χ3v) is 5.09. The Morgan fingerprint density at radius 1 is 0.727 bits per heavy atom. The van der Waals surface area contributed by atoms with Crippen molar-refractivity contribution in [2.24, 2.45) is 0 Å². The Labute approximate surface area is 163 Å². The summed E-state index contributed by atoms with van der Waals surface area (Å²) in [4.78, 5) is 24.7. The summed E-state index contributed by atoms with van der Waals surface area (Å²) in [6, 6.07) is 3.46. The minimum Gasteiger partial charge on any atom is -0.267 e. The Kier molecular flexibility index (Phi) is 6.91. The molecule has 0 unspecified atom stereocenters. The Morgan fingerprint density at radius 2 is 1.09 bits per heavy atom. The third kappa shape index (κ3) is 4.13. The van der Waals surface area contributed by atoms with Crippen molar-refractivity contribution in [1.82, 2.24) is 5.90 Å². The number of carbonyl (C=O) groups is 2. The topological polar surface area (TPSA) is 40.6 Å². The zero-order valence-electron chi connectivity index (χ0n) is 11.6. The molecular weight excluding hydrogens is 548 g/mol. The number of amides is 2. The van der Waals surface area contributed by atoms with E-state index in [1.165, 1.54) is 5.90 Å². The van der Waals surface area contributed by atoms with Crippen LogP contribution in [0, 0.1) is 0 Å². The summed E-state index contributed by atoms with van der Waals surface area (Å²) in [6.07, 6.45) is 6.00. The molecule has 0 atom stereocenters. The second-order valence-electron chi connectivity index (χ2n) is 5.11.